The number of carbonyl (C=O) groups excluding carboxylic acids is 1. The minimum Gasteiger partial charge on any atom is -0.463 e. The second kappa shape index (κ2) is 7.60. The molecule has 2 aromatic heterocycles. The normalized spacial score (nSPS) is 19.0. The van der Waals surface area contributed by atoms with E-state index in [1.807, 2.05) is 30.1 Å². The largest absolute Gasteiger partial charge is 0.463 e. The second-order valence-electron chi connectivity index (χ2n) is 7.09. The Morgan fingerprint density at radius 1 is 1.35 bits per heavy atom. The fraction of sp³-hybridized carbons (Fsp3) is 0.400. The number of para-hydroxylation sites is 1. The summed E-state index contributed by atoms with van der Waals surface area (Å²) in [5.74, 6) is 1.50. The van der Waals surface area contributed by atoms with Crippen LogP contribution < -0.4 is 4.90 Å². The van der Waals surface area contributed by atoms with E-state index in [0.717, 1.165) is 48.7 Å². The van der Waals surface area contributed by atoms with E-state index in [4.69, 9.17) is 9.40 Å². The summed E-state index contributed by atoms with van der Waals surface area (Å²) in [5, 5.41) is 1.17. The smallest absolute Gasteiger partial charge is 0.277 e. The van der Waals surface area contributed by atoms with Crippen LogP contribution in [0.5, 0.6) is 0 Å². The van der Waals surface area contributed by atoms with Crippen LogP contribution in [0.25, 0.3) is 10.2 Å². The lowest BCUT2D eigenvalue weighted by Crippen LogP contribution is -3.08. The molecule has 1 aliphatic rings. The first-order valence-corrected chi connectivity index (χ1v) is 9.97. The fourth-order valence-corrected chi connectivity index (χ4v) is 4.71. The first-order chi connectivity index (χ1) is 12.7. The van der Waals surface area contributed by atoms with E-state index in [9.17, 15) is 4.79 Å². The number of likely N-dealkylation sites (tertiary alicyclic amines) is 1. The molecule has 1 saturated heterocycles. The zero-order valence-corrected chi connectivity index (χ0v) is 15.8. The molecule has 5 nitrogen and oxygen atoms in total. The lowest BCUT2D eigenvalue weighted by atomic mass is 9.98. The van der Waals surface area contributed by atoms with Crippen LogP contribution in [0.4, 0.5) is 0 Å². The number of benzene rings is 1. The van der Waals surface area contributed by atoms with Crippen molar-refractivity contribution in [3.8, 4) is 0 Å². The van der Waals surface area contributed by atoms with E-state index >= 15 is 0 Å². The highest BCUT2D eigenvalue weighted by molar-refractivity contribution is 7.18. The summed E-state index contributed by atoms with van der Waals surface area (Å²) in [6.07, 6.45) is 3.83. The second-order valence-corrected chi connectivity index (χ2v) is 8.15. The maximum absolute atomic E-state index is 12.7. The number of carbonyl (C=O) groups is 1. The number of rotatable bonds is 5. The van der Waals surface area contributed by atoms with Crippen LogP contribution in [-0.4, -0.2) is 42.5 Å². The predicted octanol–water partition coefficient (Wildman–Crippen LogP) is 2.31. The molecule has 1 aliphatic heterocycles. The van der Waals surface area contributed by atoms with Gasteiger partial charge in [-0.25, -0.2) is 4.98 Å². The molecule has 1 N–H and O–H groups in total. The van der Waals surface area contributed by atoms with Gasteiger partial charge in [-0.15, -0.1) is 11.3 Å². The van der Waals surface area contributed by atoms with Crippen molar-refractivity contribution in [1.29, 1.82) is 0 Å². The first kappa shape index (κ1) is 17.2. The predicted molar refractivity (Wildman–Crippen MR) is 102 cm³/mol. The molecule has 136 valence electrons. The summed E-state index contributed by atoms with van der Waals surface area (Å²) in [7, 11) is 2.04. The molecule has 26 heavy (non-hydrogen) atoms. The molecule has 6 heteroatoms. The van der Waals surface area contributed by atoms with Crippen LogP contribution in [0.2, 0.25) is 0 Å². The molecule has 4 rings (SSSR count). The number of amides is 1. The summed E-state index contributed by atoms with van der Waals surface area (Å²) in [6.45, 7) is 2.86. The third-order valence-corrected chi connectivity index (χ3v) is 6.14. The molecule has 0 spiro atoms. The Bertz CT molecular complexity index is 841. The van der Waals surface area contributed by atoms with Crippen LogP contribution in [0, 0.1) is 0 Å². The Labute approximate surface area is 157 Å². The average Bonchev–Trinajstić information content (AvgIpc) is 3.31. The summed E-state index contributed by atoms with van der Waals surface area (Å²) >= 11 is 1.77. The topological polar surface area (TPSA) is 50.8 Å². The molecule has 0 radical (unpaired) electrons. The van der Waals surface area contributed by atoms with Crippen LogP contribution >= 0.6 is 11.3 Å². The SMILES string of the molecule is C[NH+](CC(=O)N1CCC[C@@H](c2nc3ccccc3s2)C1)Cc1ccco1. The van der Waals surface area contributed by atoms with Crippen molar-refractivity contribution in [2.45, 2.75) is 25.3 Å². The van der Waals surface area contributed by atoms with Gasteiger partial charge in [0.25, 0.3) is 5.91 Å². The molecule has 1 aromatic carbocycles. The van der Waals surface area contributed by atoms with Crippen LogP contribution in [0.1, 0.15) is 29.5 Å². The summed E-state index contributed by atoms with van der Waals surface area (Å²) in [5.41, 5.74) is 1.07. The van der Waals surface area contributed by atoms with E-state index in [0.29, 0.717) is 12.5 Å². The summed E-state index contributed by atoms with van der Waals surface area (Å²) in [6, 6.07) is 12.1. The summed E-state index contributed by atoms with van der Waals surface area (Å²) in [4.78, 5) is 20.7. The standard InChI is InChI=1S/C20H23N3O2S/c1-22(13-16-7-5-11-25-16)14-19(24)23-10-4-6-15(12-23)20-21-17-8-2-3-9-18(17)26-20/h2-3,5,7-9,11,15H,4,6,10,12-14H2,1H3/p+1/t15-/m1/s1. The molecule has 0 saturated carbocycles. The van der Waals surface area contributed by atoms with Crippen molar-refractivity contribution in [1.82, 2.24) is 9.88 Å². The van der Waals surface area contributed by atoms with Gasteiger partial charge in [-0.1, -0.05) is 12.1 Å². The lowest BCUT2D eigenvalue weighted by molar-refractivity contribution is -0.886. The number of hydrogen-bond donors (Lipinski definition) is 1. The Balaban J connectivity index is 1.38. The Hall–Kier alpha value is -2.18. The van der Waals surface area contributed by atoms with Gasteiger partial charge in [0.2, 0.25) is 0 Å². The first-order valence-electron chi connectivity index (χ1n) is 9.16. The molecule has 0 aliphatic carbocycles. The van der Waals surface area contributed by atoms with Crippen molar-refractivity contribution in [2.75, 3.05) is 26.7 Å². The lowest BCUT2D eigenvalue weighted by Gasteiger charge is -2.32. The van der Waals surface area contributed by atoms with Crippen molar-refractivity contribution in [3.63, 3.8) is 0 Å². The third-order valence-electron chi connectivity index (χ3n) is 4.94. The van der Waals surface area contributed by atoms with Crippen LogP contribution in [-0.2, 0) is 11.3 Å². The van der Waals surface area contributed by atoms with Crippen molar-refractivity contribution >= 4 is 27.5 Å². The van der Waals surface area contributed by atoms with Crippen molar-refractivity contribution in [2.24, 2.45) is 0 Å². The maximum atomic E-state index is 12.7. The van der Waals surface area contributed by atoms with Gasteiger partial charge in [-0.3, -0.25) is 4.79 Å². The molecular formula is C20H24N3O2S+. The Morgan fingerprint density at radius 2 is 2.23 bits per heavy atom. The van der Waals surface area contributed by atoms with Gasteiger partial charge in [0.05, 0.1) is 28.5 Å². The number of furan rings is 1. The number of nitrogens with one attached hydrogen (secondary N) is 1. The van der Waals surface area contributed by atoms with E-state index in [1.165, 1.54) is 9.71 Å². The highest BCUT2D eigenvalue weighted by atomic mass is 32.1. The average molecular weight is 370 g/mol. The zero-order chi connectivity index (χ0) is 17.9. The van der Waals surface area contributed by atoms with Crippen molar-refractivity contribution < 1.29 is 14.1 Å². The zero-order valence-electron chi connectivity index (χ0n) is 15.0. The summed E-state index contributed by atoms with van der Waals surface area (Å²) < 4.78 is 6.61. The van der Waals surface area contributed by atoms with Gasteiger partial charge in [0, 0.05) is 19.0 Å². The fourth-order valence-electron chi connectivity index (χ4n) is 3.61. The van der Waals surface area contributed by atoms with Crippen LogP contribution in [0.15, 0.2) is 47.1 Å². The number of aromatic nitrogens is 1. The highest BCUT2D eigenvalue weighted by Gasteiger charge is 2.28. The number of fused-ring (bicyclic) bond motifs is 1. The molecule has 3 heterocycles. The molecule has 3 aromatic rings. The van der Waals surface area contributed by atoms with E-state index in [1.54, 1.807) is 17.6 Å². The molecule has 1 amide bonds. The quantitative estimate of drug-likeness (QED) is 0.750. The monoisotopic (exact) mass is 370 g/mol. The number of piperidine rings is 1. The van der Waals surface area contributed by atoms with Gasteiger partial charge in [0.15, 0.2) is 12.3 Å². The minimum atomic E-state index is 0.222. The van der Waals surface area contributed by atoms with E-state index in [2.05, 4.69) is 18.2 Å². The van der Waals surface area contributed by atoms with Crippen LogP contribution in [0.3, 0.4) is 0 Å². The maximum Gasteiger partial charge on any atom is 0.277 e. The highest BCUT2D eigenvalue weighted by Crippen LogP contribution is 2.32. The molecule has 2 atom stereocenters. The van der Waals surface area contributed by atoms with Crippen molar-refractivity contribution in [3.05, 3.63) is 53.4 Å². The third kappa shape index (κ3) is 3.81. The molecular weight excluding hydrogens is 346 g/mol. The van der Waals surface area contributed by atoms with Gasteiger partial charge in [-0.2, -0.15) is 0 Å². The number of quaternary nitrogens is 1. The van der Waals surface area contributed by atoms with E-state index < -0.39 is 0 Å². The number of hydrogen-bond acceptors (Lipinski definition) is 4. The van der Waals surface area contributed by atoms with E-state index in [-0.39, 0.29) is 5.91 Å². The number of thiazole rings is 1. The Kier molecular flexibility index (Phi) is 5.04. The van der Waals surface area contributed by atoms with Gasteiger partial charge in [-0.05, 0) is 37.1 Å². The number of likely N-dealkylation sites (N-methyl/N-ethyl adjacent to an activating group) is 1. The Morgan fingerprint density at radius 3 is 3.04 bits per heavy atom. The molecule has 0 bridgehead atoms. The molecule has 1 unspecified atom stereocenters. The van der Waals surface area contributed by atoms with Gasteiger partial charge >= 0.3 is 0 Å². The molecule has 1 fully saturated rings. The number of nitrogens with zero attached hydrogens (tertiary/aromatic N) is 2. The van der Waals surface area contributed by atoms with Gasteiger partial charge in [0.1, 0.15) is 6.54 Å². The van der Waals surface area contributed by atoms with Gasteiger partial charge < -0.3 is 14.2 Å². The minimum absolute atomic E-state index is 0.222.